The Morgan fingerprint density at radius 2 is 1.53 bits per heavy atom. The summed E-state index contributed by atoms with van der Waals surface area (Å²) in [6.45, 7) is 1.40. The third-order valence-electron chi connectivity index (χ3n) is 6.30. The van der Waals surface area contributed by atoms with Gasteiger partial charge < -0.3 is 16.0 Å². The van der Waals surface area contributed by atoms with Crippen molar-refractivity contribution in [3.63, 3.8) is 0 Å². The van der Waals surface area contributed by atoms with Gasteiger partial charge in [-0.15, -0.1) is 23.1 Å². The molecule has 43 heavy (non-hydrogen) atoms. The van der Waals surface area contributed by atoms with E-state index >= 15 is 0 Å². The summed E-state index contributed by atoms with van der Waals surface area (Å²) in [5.74, 6) is -1.74. The van der Waals surface area contributed by atoms with Crippen molar-refractivity contribution < 1.29 is 24.0 Å². The lowest BCUT2D eigenvalue weighted by Crippen LogP contribution is -2.31. The fourth-order valence-electron chi connectivity index (χ4n) is 4.30. The summed E-state index contributed by atoms with van der Waals surface area (Å²) < 4.78 is 0. The summed E-state index contributed by atoms with van der Waals surface area (Å²) in [5.41, 5.74) is 2.02. The van der Waals surface area contributed by atoms with E-state index in [1.54, 1.807) is 84.9 Å². The summed E-state index contributed by atoms with van der Waals surface area (Å²) in [7, 11) is 0. The van der Waals surface area contributed by atoms with Crippen LogP contribution in [0.2, 0.25) is 0 Å². The predicted molar refractivity (Wildman–Crippen MR) is 169 cm³/mol. The number of imide groups is 1. The molecule has 1 fully saturated rings. The third kappa shape index (κ3) is 7.45. The molecular formula is C32H26N4O5S2. The molecule has 5 amide bonds. The van der Waals surface area contributed by atoms with E-state index in [2.05, 4.69) is 16.0 Å². The van der Waals surface area contributed by atoms with Crippen molar-refractivity contribution in [1.82, 2.24) is 5.32 Å². The van der Waals surface area contributed by atoms with Gasteiger partial charge in [0.1, 0.15) is 5.70 Å². The number of hydrogen-bond acceptors (Lipinski definition) is 7. The van der Waals surface area contributed by atoms with Gasteiger partial charge in [-0.1, -0.05) is 24.3 Å². The Hall–Kier alpha value is -5.00. The van der Waals surface area contributed by atoms with Gasteiger partial charge in [-0.25, -0.2) is 4.90 Å². The quantitative estimate of drug-likeness (QED) is 0.169. The summed E-state index contributed by atoms with van der Waals surface area (Å²) >= 11 is 2.70. The number of nitrogens with zero attached hydrogens (tertiary/aromatic N) is 1. The third-order valence-corrected chi connectivity index (χ3v) is 8.32. The lowest BCUT2D eigenvalue weighted by Gasteiger charge is -2.15. The van der Waals surface area contributed by atoms with Crippen LogP contribution in [0.15, 0.2) is 107 Å². The number of thiophene rings is 1. The number of nitrogens with one attached hydrogen (secondary N) is 3. The summed E-state index contributed by atoms with van der Waals surface area (Å²) in [4.78, 5) is 65.7. The number of anilines is 3. The van der Waals surface area contributed by atoms with Gasteiger partial charge in [-0.05, 0) is 78.2 Å². The highest BCUT2D eigenvalue weighted by Gasteiger charge is 2.40. The van der Waals surface area contributed by atoms with Crippen molar-refractivity contribution in [3.05, 3.63) is 113 Å². The molecule has 1 saturated heterocycles. The molecule has 0 spiro atoms. The lowest BCUT2D eigenvalue weighted by atomic mass is 10.2. The first-order valence-corrected chi connectivity index (χ1v) is 15.0. The Morgan fingerprint density at radius 3 is 2.19 bits per heavy atom. The van der Waals surface area contributed by atoms with Gasteiger partial charge in [0.15, 0.2) is 0 Å². The van der Waals surface area contributed by atoms with Crippen LogP contribution >= 0.6 is 23.1 Å². The molecule has 11 heteroatoms. The van der Waals surface area contributed by atoms with Gasteiger partial charge in [0.2, 0.25) is 17.7 Å². The maximum atomic E-state index is 13.2. The maximum Gasteiger partial charge on any atom is 0.272 e. The Balaban J connectivity index is 1.23. The standard InChI is InChI=1S/C32H26N4O5S2/c1-20(37)33-22-9-13-24(14-10-22)36-29(38)19-28(32(36)41)43-25-15-11-23(12-16-25)34-31(40)27(18-26-8-5-17-42-26)35-30(39)21-6-3-2-4-7-21/h2-18,28H,19H2,1H3,(H,33,37)(H,34,40)(H,35,39)/b27-18-. The van der Waals surface area contributed by atoms with Crippen molar-refractivity contribution in [2.24, 2.45) is 0 Å². The summed E-state index contributed by atoms with van der Waals surface area (Å²) in [6, 6.07) is 25.7. The number of hydrogen-bond donors (Lipinski definition) is 3. The van der Waals surface area contributed by atoms with Gasteiger partial charge >= 0.3 is 0 Å². The van der Waals surface area contributed by atoms with E-state index in [9.17, 15) is 24.0 Å². The topological polar surface area (TPSA) is 125 Å². The molecule has 9 nitrogen and oxygen atoms in total. The minimum absolute atomic E-state index is 0.0490. The zero-order chi connectivity index (χ0) is 30.3. The molecule has 0 aliphatic carbocycles. The van der Waals surface area contributed by atoms with Crippen LogP contribution in [0, 0.1) is 0 Å². The molecule has 1 aliphatic heterocycles. The van der Waals surface area contributed by atoms with Crippen LogP contribution in [0.4, 0.5) is 17.1 Å². The van der Waals surface area contributed by atoms with Gasteiger partial charge in [-0.2, -0.15) is 0 Å². The minimum Gasteiger partial charge on any atom is -0.326 e. The van der Waals surface area contributed by atoms with Crippen molar-refractivity contribution in [1.29, 1.82) is 0 Å². The SMILES string of the molecule is CC(=O)Nc1ccc(N2C(=O)CC(Sc3ccc(NC(=O)/C(=C/c4cccs4)NC(=O)c4ccccc4)cc3)C2=O)cc1. The largest absolute Gasteiger partial charge is 0.326 e. The number of thioether (sulfide) groups is 1. The van der Waals surface area contributed by atoms with E-state index in [1.165, 1.54) is 30.0 Å². The van der Waals surface area contributed by atoms with E-state index in [-0.39, 0.29) is 29.8 Å². The van der Waals surface area contributed by atoms with Crippen LogP contribution in [0.5, 0.6) is 0 Å². The first kappa shape index (κ1) is 29.5. The zero-order valence-electron chi connectivity index (χ0n) is 22.9. The van der Waals surface area contributed by atoms with Crippen LogP contribution in [0.3, 0.4) is 0 Å². The molecule has 0 bridgehead atoms. The van der Waals surface area contributed by atoms with Crippen LogP contribution < -0.4 is 20.9 Å². The number of carbonyl (C=O) groups is 5. The van der Waals surface area contributed by atoms with E-state index in [0.29, 0.717) is 22.6 Å². The monoisotopic (exact) mass is 610 g/mol. The molecule has 0 radical (unpaired) electrons. The molecule has 3 aromatic carbocycles. The van der Waals surface area contributed by atoms with Crippen molar-refractivity contribution in [2.45, 2.75) is 23.5 Å². The molecule has 3 N–H and O–H groups in total. The second-order valence-corrected chi connectivity index (χ2v) is 11.7. The van der Waals surface area contributed by atoms with Crippen LogP contribution in [0.1, 0.15) is 28.6 Å². The molecule has 5 rings (SSSR count). The Bertz CT molecular complexity index is 1690. The van der Waals surface area contributed by atoms with E-state index in [4.69, 9.17) is 0 Å². The molecule has 2 heterocycles. The molecule has 4 aromatic rings. The summed E-state index contributed by atoms with van der Waals surface area (Å²) in [5, 5.41) is 9.45. The highest BCUT2D eigenvalue weighted by Crippen LogP contribution is 2.34. The fraction of sp³-hybridized carbons (Fsp3) is 0.0938. The molecule has 1 aliphatic rings. The Labute approximate surface area is 256 Å². The highest BCUT2D eigenvalue weighted by atomic mass is 32.2. The van der Waals surface area contributed by atoms with Crippen molar-refractivity contribution in [3.8, 4) is 0 Å². The number of benzene rings is 3. The number of carbonyl (C=O) groups excluding carboxylic acids is 5. The van der Waals surface area contributed by atoms with Gasteiger partial charge in [0, 0.05) is 40.1 Å². The first-order valence-electron chi connectivity index (χ1n) is 13.2. The second kappa shape index (κ2) is 13.3. The average molecular weight is 611 g/mol. The maximum absolute atomic E-state index is 13.2. The molecule has 1 unspecified atom stereocenters. The van der Waals surface area contributed by atoms with Gasteiger partial charge in [-0.3, -0.25) is 24.0 Å². The normalized spacial score (nSPS) is 14.9. The van der Waals surface area contributed by atoms with Crippen LogP contribution in [-0.2, 0) is 19.2 Å². The van der Waals surface area contributed by atoms with E-state index < -0.39 is 17.1 Å². The summed E-state index contributed by atoms with van der Waals surface area (Å²) in [6.07, 6.45) is 1.67. The smallest absolute Gasteiger partial charge is 0.272 e. The van der Waals surface area contributed by atoms with Gasteiger partial charge in [0.05, 0.1) is 10.9 Å². The predicted octanol–water partition coefficient (Wildman–Crippen LogP) is 5.54. The average Bonchev–Trinajstić information content (AvgIpc) is 3.61. The van der Waals surface area contributed by atoms with Crippen molar-refractivity contribution >= 4 is 75.8 Å². The van der Waals surface area contributed by atoms with E-state index in [1.807, 2.05) is 17.5 Å². The number of amides is 5. The van der Waals surface area contributed by atoms with Crippen LogP contribution in [-0.4, -0.2) is 34.8 Å². The minimum atomic E-state index is -0.600. The molecule has 216 valence electrons. The van der Waals surface area contributed by atoms with E-state index in [0.717, 1.165) is 14.7 Å². The van der Waals surface area contributed by atoms with Crippen molar-refractivity contribution in [2.75, 3.05) is 15.5 Å². The zero-order valence-corrected chi connectivity index (χ0v) is 24.5. The van der Waals surface area contributed by atoms with Gasteiger partial charge in [0.25, 0.3) is 11.8 Å². The highest BCUT2D eigenvalue weighted by molar-refractivity contribution is 8.00. The lowest BCUT2D eigenvalue weighted by molar-refractivity contribution is -0.121. The molecule has 1 aromatic heterocycles. The first-order chi connectivity index (χ1) is 20.8. The van der Waals surface area contributed by atoms with Crippen LogP contribution in [0.25, 0.3) is 6.08 Å². The second-order valence-electron chi connectivity index (χ2n) is 9.48. The molecule has 0 saturated carbocycles. The Morgan fingerprint density at radius 1 is 0.860 bits per heavy atom. The Kier molecular flexibility index (Phi) is 9.14. The molecule has 1 atom stereocenters. The number of rotatable bonds is 9. The fourth-order valence-corrected chi connectivity index (χ4v) is 6.01. The molecular weight excluding hydrogens is 585 g/mol.